The highest BCUT2D eigenvalue weighted by atomic mass is 32.2. The summed E-state index contributed by atoms with van der Waals surface area (Å²) >= 11 is 0. The lowest BCUT2D eigenvalue weighted by molar-refractivity contribution is -0.131. The Kier molecular flexibility index (Phi) is 6.02. The summed E-state index contributed by atoms with van der Waals surface area (Å²) in [5.41, 5.74) is 4.43. The fraction of sp³-hybridized carbons (Fsp3) is 0.467. The van der Waals surface area contributed by atoms with Gasteiger partial charge in [-0.2, -0.15) is 0 Å². The molecule has 1 aliphatic heterocycles. The second-order valence-corrected chi connectivity index (χ2v) is 7.53. The molecule has 8 nitrogen and oxygen atoms in total. The topological polar surface area (TPSA) is 111 Å². The Bertz CT molecular complexity index is 704. The largest absolute Gasteiger partial charge is 0.490 e. The quantitative estimate of drug-likeness (QED) is 0.697. The minimum atomic E-state index is -3.15. The van der Waals surface area contributed by atoms with E-state index >= 15 is 0 Å². The van der Waals surface area contributed by atoms with Gasteiger partial charge in [-0.1, -0.05) is 12.1 Å². The molecule has 1 atom stereocenters. The molecule has 24 heavy (non-hydrogen) atoms. The number of carbonyl (C=O) groups is 2. The summed E-state index contributed by atoms with van der Waals surface area (Å²) in [7, 11) is -3.15. The third-order valence-electron chi connectivity index (χ3n) is 3.44. The van der Waals surface area contributed by atoms with Crippen LogP contribution in [0.3, 0.4) is 0 Å². The van der Waals surface area contributed by atoms with Crippen molar-refractivity contribution >= 4 is 21.7 Å². The smallest absolute Gasteiger partial charge is 0.276 e. The number of hydrogen-bond donors (Lipinski definition) is 2. The molecule has 1 aromatic rings. The summed E-state index contributed by atoms with van der Waals surface area (Å²) in [5.74, 6) is -0.955. The van der Waals surface area contributed by atoms with Gasteiger partial charge in [0.05, 0.1) is 24.0 Å². The first kappa shape index (κ1) is 18.1. The van der Waals surface area contributed by atoms with Gasteiger partial charge in [-0.15, -0.1) is 0 Å². The number of amides is 2. The zero-order valence-corrected chi connectivity index (χ0v) is 14.1. The Hall–Kier alpha value is -2.29. The van der Waals surface area contributed by atoms with E-state index in [4.69, 9.17) is 9.47 Å². The SMILES string of the molecule is CCOc1ccccc1OCC(=O)NNC(=O)C1CCS(=O)(=O)C1. The van der Waals surface area contributed by atoms with Crippen LogP contribution in [0.1, 0.15) is 13.3 Å². The summed E-state index contributed by atoms with van der Waals surface area (Å²) in [6.45, 7) is 1.99. The van der Waals surface area contributed by atoms with Crippen LogP contribution < -0.4 is 20.3 Å². The highest BCUT2D eigenvalue weighted by Gasteiger charge is 2.33. The summed E-state index contributed by atoms with van der Waals surface area (Å²) in [6, 6.07) is 6.92. The lowest BCUT2D eigenvalue weighted by Crippen LogP contribution is -2.46. The molecule has 1 unspecified atom stereocenters. The predicted octanol–water partition coefficient (Wildman–Crippen LogP) is 0.0462. The molecule has 2 N–H and O–H groups in total. The fourth-order valence-corrected chi connectivity index (χ4v) is 4.00. The minimum Gasteiger partial charge on any atom is -0.490 e. The predicted molar refractivity (Wildman–Crippen MR) is 86.2 cm³/mol. The van der Waals surface area contributed by atoms with Gasteiger partial charge in [-0.25, -0.2) is 8.42 Å². The fourth-order valence-electron chi connectivity index (χ4n) is 2.26. The van der Waals surface area contributed by atoms with Gasteiger partial charge in [0.2, 0.25) is 5.91 Å². The van der Waals surface area contributed by atoms with Gasteiger partial charge in [0, 0.05) is 0 Å². The molecule has 0 saturated carbocycles. The Morgan fingerprint density at radius 1 is 1.17 bits per heavy atom. The van der Waals surface area contributed by atoms with Crippen molar-refractivity contribution in [2.75, 3.05) is 24.7 Å². The molecule has 0 radical (unpaired) electrons. The third-order valence-corrected chi connectivity index (χ3v) is 5.20. The molecule has 0 aliphatic carbocycles. The monoisotopic (exact) mass is 356 g/mol. The number of benzene rings is 1. The number of hydrogen-bond acceptors (Lipinski definition) is 6. The van der Waals surface area contributed by atoms with Gasteiger partial charge >= 0.3 is 0 Å². The van der Waals surface area contributed by atoms with E-state index in [9.17, 15) is 18.0 Å². The van der Waals surface area contributed by atoms with Gasteiger partial charge in [-0.3, -0.25) is 20.4 Å². The Morgan fingerprint density at radius 2 is 1.83 bits per heavy atom. The van der Waals surface area contributed by atoms with Crippen LogP contribution in [-0.4, -0.2) is 45.0 Å². The van der Waals surface area contributed by atoms with E-state index in [-0.39, 0.29) is 24.5 Å². The number of carbonyl (C=O) groups excluding carboxylic acids is 2. The number of rotatable bonds is 6. The number of nitrogens with one attached hydrogen (secondary N) is 2. The van der Waals surface area contributed by atoms with Crippen molar-refractivity contribution in [3.63, 3.8) is 0 Å². The maximum absolute atomic E-state index is 11.8. The summed E-state index contributed by atoms with van der Waals surface area (Å²) in [4.78, 5) is 23.5. The van der Waals surface area contributed by atoms with E-state index < -0.39 is 27.6 Å². The highest BCUT2D eigenvalue weighted by Crippen LogP contribution is 2.26. The average molecular weight is 356 g/mol. The van der Waals surface area contributed by atoms with Crippen molar-refractivity contribution in [3.8, 4) is 11.5 Å². The van der Waals surface area contributed by atoms with E-state index in [0.29, 0.717) is 18.1 Å². The van der Waals surface area contributed by atoms with Gasteiger partial charge in [0.25, 0.3) is 5.91 Å². The van der Waals surface area contributed by atoms with Crippen LogP contribution in [0.15, 0.2) is 24.3 Å². The average Bonchev–Trinajstić information content (AvgIpc) is 2.92. The molecule has 2 amide bonds. The molecule has 1 saturated heterocycles. The number of para-hydroxylation sites is 2. The molecule has 2 rings (SSSR count). The molecule has 132 valence electrons. The molecule has 0 aromatic heterocycles. The van der Waals surface area contributed by atoms with Crippen LogP contribution in [0.4, 0.5) is 0 Å². The van der Waals surface area contributed by atoms with E-state index in [0.717, 1.165) is 0 Å². The molecule has 0 bridgehead atoms. The molecular weight excluding hydrogens is 336 g/mol. The van der Waals surface area contributed by atoms with Crippen LogP contribution in [0.5, 0.6) is 11.5 Å². The Balaban J connectivity index is 1.77. The molecule has 0 spiro atoms. The molecule has 1 heterocycles. The van der Waals surface area contributed by atoms with Crippen molar-refractivity contribution in [3.05, 3.63) is 24.3 Å². The van der Waals surface area contributed by atoms with Crippen molar-refractivity contribution in [2.24, 2.45) is 5.92 Å². The molecular formula is C15H20N2O6S. The van der Waals surface area contributed by atoms with Gasteiger partial charge in [0.1, 0.15) is 0 Å². The maximum Gasteiger partial charge on any atom is 0.276 e. The van der Waals surface area contributed by atoms with E-state index in [2.05, 4.69) is 10.9 Å². The van der Waals surface area contributed by atoms with Gasteiger partial charge in [-0.05, 0) is 25.5 Å². The summed E-state index contributed by atoms with van der Waals surface area (Å²) < 4.78 is 33.4. The van der Waals surface area contributed by atoms with Crippen molar-refractivity contribution in [1.82, 2.24) is 10.9 Å². The number of hydrazine groups is 1. The van der Waals surface area contributed by atoms with Crippen LogP contribution in [0, 0.1) is 5.92 Å². The Morgan fingerprint density at radius 3 is 2.42 bits per heavy atom. The molecule has 1 aromatic carbocycles. The molecule has 1 fully saturated rings. The first-order valence-electron chi connectivity index (χ1n) is 7.55. The first-order chi connectivity index (χ1) is 11.4. The summed E-state index contributed by atoms with van der Waals surface area (Å²) in [5, 5.41) is 0. The minimum absolute atomic E-state index is 0.00361. The zero-order chi connectivity index (χ0) is 17.6. The lowest BCUT2D eigenvalue weighted by atomic mass is 10.1. The van der Waals surface area contributed by atoms with Gasteiger partial charge < -0.3 is 9.47 Å². The van der Waals surface area contributed by atoms with Crippen molar-refractivity contribution in [1.29, 1.82) is 0 Å². The lowest BCUT2D eigenvalue weighted by Gasteiger charge is -2.13. The molecule has 1 aliphatic rings. The third kappa shape index (κ3) is 5.12. The van der Waals surface area contributed by atoms with Crippen molar-refractivity contribution in [2.45, 2.75) is 13.3 Å². The highest BCUT2D eigenvalue weighted by molar-refractivity contribution is 7.91. The van der Waals surface area contributed by atoms with Crippen LogP contribution in [0.2, 0.25) is 0 Å². The summed E-state index contributed by atoms with van der Waals surface area (Å²) in [6.07, 6.45) is 0.266. The van der Waals surface area contributed by atoms with E-state index in [1.54, 1.807) is 24.3 Å². The van der Waals surface area contributed by atoms with Crippen LogP contribution >= 0.6 is 0 Å². The zero-order valence-electron chi connectivity index (χ0n) is 13.3. The second-order valence-electron chi connectivity index (χ2n) is 5.31. The van der Waals surface area contributed by atoms with Crippen molar-refractivity contribution < 1.29 is 27.5 Å². The Labute approximate surface area is 140 Å². The number of ether oxygens (including phenoxy) is 2. The second kappa shape index (κ2) is 8.00. The van der Waals surface area contributed by atoms with Gasteiger partial charge in [0.15, 0.2) is 27.9 Å². The first-order valence-corrected chi connectivity index (χ1v) is 9.37. The normalized spacial score (nSPS) is 18.6. The molecule has 9 heteroatoms. The van der Waals surface area contributed by atoms with E-state index in [1.807, 2.05) is 6.92 Å². The van der Waals surface area contributed by atoms with E-state index in [1.165, 1.54) is 0 Å². The standard InChI is InChI=1S/C15H20N2O6S/c1-2-22-12-5-3-4-6-13(12)23-9-14(18)16-17-15(19)11-7-8-24(20,21)10-11/h3-6,11H,2,7-10H2,1H3,(H,16,18)(H,17,19). The maximum atomic E-state index is 11.8. The number of sulfone groups is 1. The van der Waals surface area contributed by atoms with Crippen LogP contribution in [-0.2, 0) is 19.4 Å². The van der Waals surface area contributed by atoms with Crippen LogP contribution in [0.25, 0.3) is 0 Å².